The Hall–Kier alpha value is -1.34. The van der Waals surface area contributed by atoms with Gasteiger partial charge in [0.05, 0.1) is 19.8 Å². The lowest BCUT2D eigenvalue weighted by Gasteiger charge is -2.31. The first-order valence-corrected chi connectivity index (χ1v) is 8.27. The van der Waals surface area contributed by atoms with Crippen LogP contribution in [0.3, 0.4) is 0 Å². The maximum Gasteiger partial charge on any atom is 0.408 e. The van der Waals surface area contributed by atoms with E-state index in [9.17, 15) is 9.59 Å². The molecule has 1 aliphatic heterocycles. The third kappa shape index (κ3) is 8.18. The minimum absolute atomic E-state index is 0.148. The predicted molar refractivity (Wildman–Crippen MR) is 86.3 cm³/mol. The van der Waals surface area contributed by atoms with E-state index in [0.29, 0.717) is 32.9 Å². The molecule has 0 aromatic carbocycles. The summed E-state index contributed by atoms with van der Waals surface area (Å²) < 4.78 is 16.0. The van der Waals surface area contributed by atoms with Gasteiger partial charge in [0, 0.05) is 19.7 Å². The molecule has 0 bridgehead atoms. The van der Waals surface area contributed by atoms with Gasteiger partial charge in [-0.25, -0.2) is 4.79 Å². The number of nitrogens with zero attached hydrogens (tertiary/aromatic N) is 1. The lowest BCUT2D eigenvalue weighted by Crippen LogP contribution is -2.54. The van der Waals surface area contributed by atoms with Crippen molar-refractivity contribution in [3.05, 3.63) is 0 Å². The molecule has 0 aromatic heterocycles. The van der Waals surface area contributed by atoms with E-state index in [4.69, 9.17) is 14.2 Å². The largest absolute Gasteiger partial charge is 0.444 e. The lowest BCUT2D eigenvalue weighted by atomic mass is 10.2. The first-order valence-electron chi connectivity index (χ1n) is 8.27. The van der Waals surface area contributed by atoms with Crippen molar-refractivity contribution in [3.8, 4) is 0 Å². The molecule has 7 nitrogen and oxygen atoms in total. The van der Waals surface area contributed by atoms with Crippen molar-refractivity contribution >= 4 is 12.0 Å². The van der Waals surface area contributed by atoms with Gasteiger partial charge in [-0.15, -0.1) is 0 Å². The zero-order valence-corrected chi connectivity index (χ0v) is 14.7. The Labute approximate surface area is 138 Å². The zero-order valence-electron chi connectivity index (χ0n) is 14.7. The molecule has 1 unspecified atom stereocenters. The summed E-state index contributed by atoms with van der Waals surface area (Å²) in [5.41, 5.74) is -0.611. The fourth-order valence-electron chi connectivity index (χ4n) is 2.08. The summed E-state index contributed by atoms with van der Waals surface area (Å²) >= 11 is 0. The Morgan fingerprint density at radius 3 is 2.48 bits per heavy atom. The van der Waals surface area contributed by atoms with Gasteiger partial charge in [0.15, 0.2) is 0 Å². The van der Waals surface area contributed by atoms with E-state index in [0.717, 1.165) is 12.8 Å². The Morgan fingerprint density at radius 1 is 1.26 bits per heavy atom. The fraction of sp³-hybridized carbons (Fsp3) is 0.875. The lowest BCUT2D eigenvalue weighted by molar-refractivity contribution is -0.139. The highest BCUT2D eigenvalue weighted by molar-refractivity contribution is 5.86. The normalized spacial score (nSPS) is 16.8. The molecule has 1 N–H and O–H groups in total. The van der Waals surface area contributed by atoms with Gasteiger partial charge in [-0.05, 0) is 27.2 Å². The highest BCUT2D eigenvalue weighted by Gasteiger charge is 2.29. The van der Waals surface area contributed by atoms with E-state index in [1.807, 2.05) is 0 Å². The molecular weight excluding hydrogens is 300 g/mol. The summed E-state index contributed by atoms with van der Waals surface area (Å²) in [6, 6.07) is -0.736. The van der Waals surface area contributed by atoms with Gasteiger partial charge in [0.2, 0.25) is 5.91 Å². The third-order valence-electron chi connectivity index (χ3n) is 3.24. The van der Waals surface area contributed by atoms with Crippen LogP contribution in [-0.2, 0) is 19.0 Å². The van der Waals surface area contributed by atoms with Crippen molar-refractivity contribution in [1.29, 1.82) is 0 Å². The summed E-state index contributed by atoms with van der Waals surface area (Å²) in [6.07, 6.45) is 1.33. The van der Waals surface area contributed by atoms with Crippen LogP contribution >= 0.6 is 0 Å². The van der Waals surface area contributed by atoms with Crippen LogP contribution in [0.2, 0.25) is 0 Å². The summed E-state index contributed by atoms with van der Waals surface area (Å²) in [5, 5.41) is 2.63. The number of nitrogens with one attached hydrogen (secondary N) is 1. The molecule has 134 valence electrons. The molecule has 0 aliphatic carbocycles. The van der Waals surface area contributed by atoms with E-state index < -0.39 is 17.7 Å². The number of amides is 2. The number of unbranched alkanes of at least 4 members (excludes halogenated alkanes) is 1. The van der Waals surface area contributed by atoms with E-state index in [-0.39, 0.29) is 12.5 Å². The van der Waals surface area contributed by atoms with E-state index in [1.54, 1.807) is 25.7 Å². The van der Waals surface area contributed by atoms with Crippen molar-refractivity contribution < 1.29 is 23.8 Å². The van der Waals surface area contributed by atoms with Gasteiger partial charge in [-0.1, -0.05) is 13.3 Å². The summed E-state index contributed by atoms with van der Waals surface area (Å²) in [6.45, 7) is 10.2. The second-order valence-corrected chi connectivity index (χ2v) is 6.56. The summed E-state index contributed by atoms with van der Waals surface area (Å²) in [4.78, 5) is 26.2. The van der Waals surface area contributed by atoms with Gasteiger partial charge in [-0.3, -0.25) is 4.79 Å². The van der Waals surface area contributed by atoms with Crippen molar-refractivity contribution in [3.63, 3.8) is 0 Å². The van der Waals surface area contributed by atoms with Crippen LogP contribution in [0.15, 0.2) is 0 Å². The fourth-order valence-corrected chi connectivity index (χ4v) is 2.08. The molecule has 0 aromatic rings. The second-order valence-electron chi connectivity index (χ2n) is 6.56. The van der Waals surface area contributed by atoms with Gasteiger partial charge >= 0.3 is 6.09 Å². The molecule has 1 atom stereocenters. The molecule has 1 fully saturated rings. The number of hydrogen-bond acceptors (Lipinski definition) is 5. The maximum absolute atomic E-state index is 12.6. The summed E-state index contributed by atoms with van der Waals surface area (Å²) in [5.74, 6) is -0.157. The van der Waals surface area contributed by atoms with Gasteiger partial charge < -0.3 is 24.4 Å². The van der Waals surface area contributed by atoms with Crippen molar-refractivity contribution in [2.24, 2.45) is 0 Å². The Kier molecular flexibility index (Phi) is 8.33. The number of carbonyl (C=O) groups is 2. The molecular formula is C16H30N2O5. The Balaban J connectivity index is 2.59. The molecule has 1 rings (SSSR count). The summed E-state index contributed by atoms with van der Waals surface area (Å²) in [7, 11) is 0. The van der Waals surface area contributed by atoms with Gasteiger partial charge in [0.25, 0.3) is 0 Å². The average Bonchev–Trinajstić information content (AvgIpc) is 2.48. The maximum atomic E-state index is 12.6. The highest BCUT2D eigenvalue weighted by Crippen LogP contribution is 2.08. The van der Waals surface area contributed by atoms with Crippen molar-refractivity contribution in [1.82, 2.24) is 10.2 Å². The monoisotopic (exact) mass is 330 g/mol. The highest BCUT2D eigenvalue weighted by atomic mass is 16.6. The average molecular weight is 330 g/mol. The predicted octanol–water partition coefficient (Wildman–Crippen LogP) is 1.56. The van der Waals surface area contributed by atoms with E-state index >= 15 is 0 Å². The SMILES string of the molecule is CCCCOCC(NC(=O)OC(C)(C)C)C(=O)N1CCOCC1. The molecule has 1 heterocycles. The molecule has 1 saturated heterocycles. The van der Waals surface area contributed by atoms with Crippen LogP contribution in [-0.4, -0.2) is 68.1 Å². The number of ether oxygens (including phenoxy) is 3. The van der Waals surface area contributed by atoms with Crippen LogP contribution in [0.1, 0.15) is 40.5 Å². The second kappa shape index (κ2) is 9.72. The first kappa shape index (κ1) is 19.7. The molecule has 7 heteroatoms. The first-order chi connectivity index (χ1) is 10.8. The van der Waals surface area contributed by atoms with Crippen molar-refractivity contribution in [2.75, 3.05) is 39.5 Å². The number of carbonyl (C=O) groups excluding carboxylic acids is 2. The number of alkyl carbamates (subject to hydrolysis) is 1. The molecule has 23 heavy (non-hydrogen) atoms. The van der Waals surface area contributed by atoms with Gasteiger partial charge in [0.1, 0.15) is 11.6 Å². The molecule has 0 radical (unpaired) electrons. The quantitative estimate of drug-likeness (QED) is 0.717. The Bertz CT molecular complexity index is 375. The van der Waals surface area contributed by atoms with Crippen LogP contribution in [0.5, 0.6) is 0 Å². The molecule has 1 aliphatic rings. The number of rotatable bonds is 7. The molecule has 2 amide bonds. The third-order valence-corrected chi connectivity index (χ3v) is 3.24. The van der Waals surface area contributed by atoms with Crippen molar-refractivity contribution in [2.45, 2.75) is 52.2 Å². The standard InChI is InChI=1S/C16H30N2O5/c1-5-6-9-22-12-13(17-15(20)23-16(2,3)4)14(19)18-7-10-21-11-8-18/h13H,5-12H2,1-4H3,(H,17,20). The topological polar surface area (TPSA) is 77.1 Å². The zero-order chi connectivity index (χ0) is 17.3. The van der Waals surface area contributed by atoms with Crippen LogP contribution in [0, 0.1) is 0 Å². The van der Waals surface area contributed by atoms with Crippen LogP contribution in [0.4, 0.5) is 4.79 Å². The minimum Gasteiger partial charge on any atom is -0.444 e. The minimum atomic E-state index is -0.736. The molecule has 0 spiro atoms. The number of hydrogen-bond donors (Lipinski definition) is 1. The van der Waals surface area contributed by atoms with E-state index in [1.165, 1.54) is 0 Å². The smallest absolute Gasteiger partial charge is 0.408 e. The van der Waals surface area contributed by atoms with Crippen LogP contribution in [0.25, 0.3) is 0 Å². The van der Waals surface area contributed by atoms with Gasteiger partial charge in [-0.2, -0.15) is 0 Å². The number of morpholine rings is 1. The van der Waals surface area contributed by atoms with Crippen LogP contribution < -0.4 is 5.32 Å². The molecule has 0 saturated carbocycles. The van der Waals surface area contributed by atoms with E-state index in [2.05, 4.69) is 12.2 Å². The Morgan fingerprint density at radius 2 is 1.91 bits per heavy atom.